The van der Waals surface area contributed by atoms with Crippen molar-refractivity contribution < 1.29 is 14.0 Å². The Morgan fingerprint density at radius 2 is 1.26 bits per heavy atom. The molecular weight excluding hydrogens is 417 g/mol. The van der Waals surface area contributed by atoms with Crippen LogP contribution in [0.4, 0.5) is 9.18 Å². The lowest BCUT2D eigenvalue weighted by Gasteiger charge is -2.10. The highest BCUT2D eigenvalue weighted by Gasteiger charge is 2.05. The Balaban J connectivity index is 1.41. The third-order valence-corrected chi connectivity index (χ3v) is 4.83. The van der Waals surface area contributed by atoms with Crippen LogP contribution in [-0.4, -0.2) is 11.9 Å². The number of amides is 3. The SMILES string of the molecule is O=C(Cc1ccc(Cl)cc1)NCc1cccc(CNC(=O)NCc2ccc(F)cc2)c1. The van der Waals surface area contributed by atoms with E-state index >= 15 is 0 Å². The van der Waals surface area contributed by atoms with Gasteiger partial charge in [0.05, 0.1) is 6.42 Å². The average Bonchev–Trinajstić information content (AvgIpc) is 2.78. The zero-order valence-electron chi connectivity index (χ0n) is 16.8. The molecule has 31 heavy (non-hydrogen) atoms. The molecule has 0 spiro atoms. The summed E-state index contributed by atoms with van der Waals surface area (Å²) < 4.78 is 12.9. The molecule has 0 unspecified atom stereocenters. The van der Waals surface area contributed by atoms with Crippen LogP contribution in [-0.2, 0) is 30.8 Å². The minimum absolute atomic E-state index is 0.0778. The van der Waals surface area contributed by atoms with E-state index in [1.54, 1.807) is 24.3 Å². The number of nitrogens with one attached hydrogen (secondary N) is 3. The van der Waals surface area contributed by atoms with Gasteiger partial charge in [-0.05, 0) is 46.5 Å². The Bertz CT molecular complexity index is 1020. The minimum atomic E-state index is -0.314. The molecule has 3 rings (SSSR count). The molecule has 0 fully saturated rings. The van der Waals surface area contributed by atoms with Crippen LogP contribution in [0.3, 0.4) is 0 Å². The molecule has 5 nitrogen and oxygen atoms in total. The highest BCUT2D eigenvalue weighted by atomic mass is 35.5. The Hall–Kier alpha value is -3.38. The first-order chi connectivity index (χ1) is 15.0. The highest BCUT2D eigenvalue weighted by Crippen LogP contribution is 2.10. The van der Waals surface area contributed by atoms with Crippen LogP contribution in [0.2, 0.25) is 5.02 Å². The van der Waals surface area contributed by atoms with Gasteiger partial charge in [0.2, 0.25) is 5.91 Å². The second-order valence-corrected chi connectivity index (χ2v) is 7.50. The number of urea groups is 1. The number of carbonyl (C=O) groups excluding carboxylic acids is 2. The molecule has 0 atom stereocenters. The number of halogens is 2. The van der Waals surface area contributed by atoms with Gasteiger partial charge in [-0.2, -0.15) is 0 Å². The second-order valence-electron chi connectivity index (χ2n) is 7.06. The summed E-state index contributed by atoms with van der Waals surface area (Å²) in [5, 5.41) is 9.06. The predicted molar refractivity (Wildman–Crippen MR) is 119 cm³/mol. The average molecular weight is 440 g/mol. The molecule has 0 bridgehead atoms. The van der Waals surface area contributed by atoms with Gasteiger partial charge >= 0.3 is 6.03 Å². The lowest BCUT2D eigenvalue weighted by atomic mass is 10.1. The van der Waals surface area contributed by atoms with Crippen molar-refractivity contribution in [3.63, 3.8) is 0 Å². The standard InChI is InChI=1S/C24H23ClFN3O2/c25-21-8-4-17(5-9-21)13-23(30)27-15-19-2-1-3-20(12-19)16-29-24(31)28-14-18-6-10-22(26)11-7-18/h1-12H,13-16H2,(H,27,30)(H2,28,29,31). The molecule has 0 radical (unpaired) electrons. The Morgan fingerprint density at radius 1 is 0.710 bits per heavy atom. The second kappa shape index (κ2) is 11.1. The van der Waals surface area contributed by atoms with E-state index in [-0.39, 0.29) is 24.2 Å². The van der Waals surface area contributed by atoms with Crippen molar-refractivity contribution in [2.24, 2.45) is 0 Å². The number of hydrogen-bond donors (Lipinski definition) is 3. The molecule has 160 valence electrons. The van der Waals surface area contributed by atoms with Gasteiger partial charge in [-0.25, -0.2) is 9.18 Å². The largest absolute Gasteiger partial charge is 0.352 e. The maximum absolute atomic E-state index is 12.9. The van der Waals surface area contributed by atoms with Crippen molar-refractivity contribution >= 4 is 23.5 Å². The summed E-state index contributed by atoms with van der Waals surface area (Å²) in [6, 6.07) is 20.5. The van der Waals surface area contributed by atoms with E-state index < -0.39 is 0 Å². The number of rotatable bonds is 8. The van der Waals surface area contributed by atoms with Gasteiger partial charge in [0.15, 0.2) is 0 Å². The third-order valence-electron chi connectivity index (χ3n) is 4.58. The molecule has 0 aliphatic heterocycles. The number of carbonyl (C=O) groups is 2. The monoisotopic (exact) mass is 439 g/mol. The molecule has 0 saturated carbocycles. The van der Waals surface area contributed by atoms with Crippen LogP contribution in [0, 0.1) is 5.82 Å². The molecular formula is C24H23ClFN3O2. The van der Waals surface area contributed by atoms with Gasteiger partial charge < -0.3 is 16.0 Å². The van der Waals surface area contributed by atoms with Gasteiger partial charge in [0, 0.05) is 24.7 Å². The summed E-state index contributed by atoms with van der Waals surface area (Å²) in [6.45, 7) is 1.06. The number of hydrogen-bond acceptors (Lipinski definition) is 2. The Morgan fingerprint density at radius 3 is 1.90 bits per heavy atom. The zero-order chi connectivity index (χ0) is 22.1. The number of benzene rings is 3. The fraction of sp³-hybridized carbons (Fsp3) is 0.167. The van der Waals surface area contributed by atoms with Gasteiger partial charge in [-0.3, -0.25) is 4.79 Å². The fourth-order valence-electron chi connectivity index (χ4n) is 2.93. The van der Waals surface area contributed by atoms with Gasteiger partial charge in [0.25, 0.3) is 0 Å². The van der Waals surface area contributed by atoms with Crippen molar-refractivity contribution in [3.8, 4) is 0 Å². The van der Waals surface area contributed by atoms with Crippen molar-refractivity contribution in [3.05, 3.63) is 106 Å². The van der Waals surface area contributed by atoms with Crippen LogP contribution in [0.5, 0.6) is 0 Å². The lowest BCUT2D eigenvalue weighted by Crippen LogP contribution is -2.34. The van der Waals surface area contributed by atoms with E-state index in [4.69, 9.17) is 11.6 Å². The highest BCUT2D eigenvalue weighted by molar-refractivity contribution is 6.30. The normalized spacial score (nSPS) is 10.4. The fourth-order valence-corrected chi connectivity index (χ4v) is 3.06. The van der Waals surface area contributed by atoms with Crippen molar-refractivity contribution in [2.75, 3.05) is 0 Å². The summed E-state index contributed by atoms with van der Waals surface area (Å²) in [5.41, 5.74) is 3.57. The minimum Gasteiger partial charge on any atom is -0.352 e. The summed E-state index contributed by atoms with van der Waals surface area (Å²) in [7, 11) is 0. The van der Waals surface area contributed by atoms with Gasteiger partial charge in [-0.15, -0.1) is 0 Å². The molecule has 0 heterocycles. The molecule has 3 amide bonds. The van der Waals surface area contributed by atoms with Crippen molar-refractivity contribution in [1.29, 1.82) is 0 Å². The quantitative estimate of drug-likeness (QED) is 0.488. The van der Waals surface area contributed by atoms with E-state index in [2.05, 4.69) is 16.0 Å². The summed E-state index contributed by atoms with van der Waals surface area (Å²) >= 11 is 5.86. The third kappa shape index (κ3) is 7.75. The summed E-state index contributed by atoms with van der Waals surface area (Å²) in [4.78, 5) is 24.1. The van der Waals surface area contributed by atoms with Crippen molar-refractivity contribution in [1.82, 2.24) is 16.0 Å². The summed E-state index contributed by atoms with van der Waals surface area (Å²) in [5.74, 6) is -0.389. The lowest BCUT2D eigenvalue weighted by molar-refractivity contribution is -0.120. The van der Waals surface area contributed by atoms with E-state index in [9.17, 15) is 14.0 Å². The summed E-state index contributed by atoms with van der Waals surface area (Å²) in [6.07, 6.45) is 0.284. The van der Waals surface area contributed by atoms with Crippen LogP contribution >= 0.6 is 11.6 Å². The molecule has 0 saturated heterocycles. The van der Waals surface area contributed by atoms with Crippen LogP contribution in [0.25, 0.3) is 0 Å². The van der Waals surface area contributed by atoms with Crippen LogP contribution in [0.1, 0.15) is 22.3 Å². The van der Waals surface area contributed by atoms with Gasteiger partial charge in [-0.1, -0.05) is 60.1 Å². The van der Waals surface area contributed by atoms with E-state index in [0.29, 0.717) is 24.7 Å². The van der Waals surface area contributed by atoms with Crippen LogP contribution in [0.15, 0.2) is 72.8 Å². The predicted octanol–water partition coefficient (Wildman–Crippen LogP) is 4.34. The smallest absolute Gasteiger partial charge is 0.315 e. The van der Waals surface area contributed by atoms with Gasteiger partial charge in [0.1, 0.15) is 5.82 Å². The maximum Gasteiger partial charge on any atom is 0.315 e. The molecule has 0 aromatic heterocycles. The first-order valence-electron chi connectivity index (χ1n) is 9.83. The molecule has 7 heteroatoms. The topological polar surface area (TPSA) is 70.2 Å². The van der Waals surface area contributed by atoms with E-state index in [1.807, 2.05) is 36.4 Å². The first kappa shape index (κ1) is 22.3. The first-order valence-corrected chi connectivity index (χ1v) is 10.2. The van der Waals surface area contributed by atoms with Crippen LogP contribution < -0.4 is 16.0 Å². The Kier molecular flexibility index (Phi) is 8.01. The molecule has 0 aliphatic carbocycles. The Labute approximate surface area is 185 Å². The van der Waals surface area contributed by atoms with Crippen molar-refractivity contribution in [2.45, 2.75) is 26.1 Å². The molecule has 3 aromatic carbocycles. The molecule has 0 aliphatic rings. The molecule has 3 aromatic rings. The van der Waals surface area contributed by atoms with E-state index in [0.717, 1.165) is 22.3 Å². The zero-order valence-corrected chi connectivity index (χ0v) is 17.6. The maximum atomic E-state index is 12.9. The molecule has 3 N–H and O–H groups in total. The van der Waals surface area contributed by atoms with E-state index in [1.165, 1.54) is 12.1 Å².